The van der Waals surface area contributed by atoms with Crippen molar-refractivity contribution >= 4 is 11.1 Å². The molecule has 1 heterocycles. The predicted molar refractivity (Wildman–Crippen MR) is 61.4 cm³/mol. The van der Waals surface area contributed by atoms with Gasteiger partial charge in [0.1, 0.15) is 5.52 Å². The van der Waals surface area contributed by atoms with Crippen molar-refractivity contribution in [3.63, 3.8) is 0 Å². The number of oxazole rings is 1. The van der Waals surface area contributed by atoms with Gasteiger partial charge in [0, 0.05) is 6.92 Å². The van der Waals surface area contributed by atoms with Gasteiger partial charge >= 0.3 is 0 Å². The maximum atomic E-state index is 12.9. The van der Waals surface area contributed by atoms with Gasteiger partial charge in [0.25, 0.3) is 0 Å². The summed E-state index contributed by atoms with van der Waals surface area (Å²) in [6, 6.07) is 4.66. The number of benzene rings is 1. The first kappa shape index (κ1) is 13.6. The Hall–Kier alpha value is -1.38. The zero-order chi connectivity index (χ0) is 11.8. The summed E-state index contributed by atoms with van der Waals surface area (Å²) in [5.74, 6) is 0.157. The lowest BCUT2D eigenvalue weighted by Gasteiger charge is -1.85. The van der Waals surface area contributed by atoms with Crippen LogP contribution in [0.2, 0.25) is 0 Å². The highest BCUT2D eigenvalue weighted by atomic mass is 19.1. The molecule has 0 aliphatic rings. The highest BCUT2D eigenvalue weighted by Crippen LogP contribution is 2.17. The molecule has 0 bridgehead atoms. The molecule has 0 radical (unpaired) electrons. The quantitative estimate of drug-likeness (QED) is 0.648. The molecule has 0 saturated carbocycles. The van der Waals surface area contributed by atoms with Gasteiger partial charge in [-0.2, -0.15) is 0 Å². The van der Waals surface area contributed by atoms with Crippen LogP contribution in [0.15, 0.2) is 22.6 Å². The molecule has 0 saturated heterocycles. The van der Waals surface area contributed by atoms with Gasteiger partial charge in [-0.05, 0) is 12.1 Å². The average Bonchev–Trinajstić information content (AvgIpc) is 2.66. The van der Waals surface area contributed by atoms with Crippen molar-refractivity contribution < 1.29 is 8.81 Å². The fourth-order valence-electron chi connectivity index (χ4n) is 1.03. The molecule has 0 fully saturated rings. The molecule has 0 amide bonds. The molecule has 2 nitrogen and oxygen atoms in total. The Labute approximate surface area is 90.1 Å². The van der Waals surface area contributed by atoms with Crippen LogP contribution in [0.4, 0.5) is 4.39 Å². The van der Waals surface area contributed by atoms with E-state index in [1.165, 1.54) is 6.07 Å². The summed E-state index contributed by atoms with van der Waals surface area (Å²) in [5.41, 5.74) is 0.813. The summed E-state index contributed by atoms with van der Waals surface area (Å²) in [5, 5.41) is 0. The molecule has 15 heavy (non-hydrogen) atoms. The summed E-state index contributed by atoms with van der Waals surface area (Å²) >= 11 is 0. The highest BCUT2D eigenvalue weighted by Gasteiger charge is 2.05. The molecule has 3 heteroatoms. The van der Waals surface area contributed by atoms with Gasteiger partial charge in [0.05, 0.1) is 0 Å². The molecule has 0 atom stereocenters. The number of rotatable bonds is 0. The Morgan fingerprint density at radius 1 is 1.13 bits per heavy atom. The standard InChI is InChI=1S/C8H6FNO.2C2H6/c1-5-10-8-6(9)3-2-4-7(8)11-5;2*1-2/h2-4H,1H3;2*1-2H3. The van der Waals surface area contributed by atoms with E-state index in [4.69, 9.17) is 4.42 Å². The Morgan fingerprint density at radius 3 is 2.27 bits per heavy atom. The van der Waals surface area contributed by atoms with Crippen molar-refractivity contribution in [2.75, 3.05) is 0 Å². The predicted octanol–water partition coefficient (Wildman–Crippen LogP) is 4.33. The second kappa shape index (κ2) is 6.98. The number of hydrogen-bond acceptors (Lipinski definition) is 2. The number of aryl methyl sites for hydroxylation is 1. The minimum Gasteiger partial charge on any atom is -0.441 e. The summed E-state index contributed by atoms with van der Waals surface area (Å²) < 4.78 is 18.0. The van der Waals surface area contributed by atoms with Crippen LogP contribution in [0, 0.1) is 12.7 Å². The van der Waals surface area contributed by atoms with E-state index in [0.29, 0.717) is 17.0 Å². The van der Waals surface area contributed by atoms with Crippen LogP contribution >= 0.6 is 0 Å². The molecule has 1 aromatic heterocycles. The van der Waals surface area contributed by atoms with Crippen LogP contribution in [0.25, 0.3) is 11.1 Å². The van der Waals surface area contributed by atoms with E-state index in [1.54, 1.807) is 19.1 Å². The van der Waals surface area contributed by atoms with Crippen LogP contribution in [0.3, 0.4) is 0 Å². The Balaban J connectivity index is 0.000000442. The third-order valence-corrected chi connectivity index (χ3v) is 1.48. The molecule has 0 aliphatic heterocycles. The van der Waals surface area contributed by atoms with Crippen LogP contribution < -0.4 is 0 Å². The molecule has 0 N–H and O–H groups in total. The zero-order valence-corrected chi connectivity index (χ0v) is 9.97. The third-order valence-electron chi connectivity index (χ3n) is 1.48. The minimum absolute atomic E-state index is 0.310. The van der Waals surface area contributed by atoms with E-state index in [1.807, 2.05) is 27.7 Å². The molecule has 2 rings (SSSR count). The molecule has 0 aliphatic carbocycles. The number of nitrogens with zero attached hydrogens (tertiary/aromatic N) is 1. The molecular formula is C12H18FNO. The van der Waals surface area contributed by atoms with Gasteiger partial charge in [0.2, 0.25) is 0 Å². The number of aromatic nitrogens is 1. The van der Waals surface area contributed by atoms with Crippen molar-refractivity contribution in [1.82, 2.24) is 4.98 Å². The monoisotopic (exact) mass is 211 g/mol. The lowest BCUT2D eigenvalue weighted by molar-refractivity contribution is 0.561. The lowest BCUT2D eigenvalue weighted by Crippen LogP contribution is -1.75. The second-order valence-corrected chi connectivity index (χ2v) is 2.32. The summed E-state index contributed by atoms with van der Waals surface area (Å²) in [6.07, 6.45) is 0. The Bertz CT molecular complexity index is 395. The van der Waals surface area contributed by atoms with Crippen LogP contribution in [-0.4, -0.2) is 4.98 Å². The SMILES string of the molecule is CC.CC.Cc1nc2c(F)cccc2o1. The van der Waals surface area contributed by atoms with Crippen molar-refractivity contribution in [3.8, 4) is 0 Å². The van der Waals surface area contributed by atoms with E-state index in [9.17, 15) is 4.39 Å². The number of halogens is 1. The van der Waals surface area contributed by atoms with E-state index < -0.39 is 0 Å². The van der Waals surface area contributed by atoms with Gasteiger partial charge in [-0.1, -0.05) is 33.8 Å². The molecule has 0 unspecified atom stereocenters. The van der Waals surface area contributed by atoms with Gasteiger partial charge in [-0.3, -0.25) is 0 Å². The van der Waals surface area contributed by atoms with Crippen LogP contribution in [-0.2, 0) is 0 Å². The third kappa shape index (κ3) is 3.35. The van der Waals surface area contributed by atoms with Crippen LogP contribution in [0.5, 0.6) is 0 Å². The smallest absolute Gasteiger partial charge is 0.192 e. The highest BCUT2D eigenvalue weighted by molar-refractivity contribution is 5.72. The fraction of sp³-hybridized carbons (Fsp3) is 0.417. The fourth-order valence-corrected chi connectivity index (χ4v) is 1.03. The number of hydrogen-bond donors (Lipinski definition) is 0. The van der Waals surface area contributed by atoms with E-state index in [2.05, 4.69) is 4.98 Å². The number of para-hydroxylation sites is 1. The zero-order valence-electron chi connectivity index (χ0n) is 9.97. The first-order chi connectivity index (χ1) is 7.27. The van der Waals surface area contributed by atoms with Gasteiger partial charge in [0.15, 0.2) is 17.3 Å². The molecule has 2 aromatic rings. The van der Waals surface area contributed by atoms with Gasteiger partial charge in [-0.25, -0.2) is 9.37 Å². The maximum absolute atomic E-state index is 12.9. The Kier molecular flexibility index (Phi) is 6.34. The van der Waals surface area contributed by atoms with E-state index in [-0.39, 0.29) is 5.82 Å². The van der Waals surface area contributed by atoms with Crippen molar-refractivity contribution in [1.29, 1.82) is 0 Å². The first-order valence-electron chi connectivity index (χ1n) is 5.29. The molecule has 84 valence electrons. The first-order valence-corrected chi connectivity index (χ1v) is 5.29. The summed E-state index contributed by atoms with van der Waals surface area (Å²) in [7, 11) is 0. The van der Waals surface area contributed by atoms with Gasteiger partial charge in [-0.15, -0.1) is 0 Å². The lowest BCUT2D eigenvalue weighted by atomic mass is 10.3. The largest absolute Gasteiger partial charge is 0.441 e. The van der Waals surface area contributed by atoms with Gasteiger partial charge < -0.3 is 4.42 Å². The number of fused-ring (bicyclic) bond motifs is 1. The normalized spacial score (nSPS) is 8.67. The molecule has 0 spiro atoms. The second-order valence-electron chi connectivity index (χ2n) is 2.32. The maximum Gasteiger partial charge on any atom is 0.192 e. The molecular weight excluding hydrogens is 193 g/mol. The average molecular weight is 211 g/mol. The topological polar surface area (TPSA) is 26.0 Å². The van der Waals surface area contributed by atoms with Crippen molar-refractivity contribution in [3.05, 3.63) is 29.9 Å². The minimum atomic E-state index is -0.334. The van der Waals surface area contributed by atoms with Crippen molar-refractivity contribution in [2.45, 2.75) is 34.6 Å². The summed E-state index contributed by atoms with van der Waals surface area (Å²) in [4.78, 5) is 3.87. The Morgan fingerprint density at radius 2 is 1.73 bits per heavy atom. The van der Waals surface area contributed by atoms with Crippen molar-refractivity contribution in [2.24, 2.45) is 0 Å². The van der Waals surface area contributed by atoms with E-state index in [0.717, 1.165) is 0 Å². The summed E-state index contributed by atoms with van der Waals surface area (Å²) in [6.45, 7) is 9.69. The van der Waals surface area contributed by atoms with E-state index >= 15 is 0 Å². The molecule has 1 aromatic carbocycles. The van der Waals surface area contributed by atoms with Crippen LogP contribution in [0.1, 0.15) is 33.6 Å².